The van der Waals surface area contributed by atoms with Gasteiger partial charge in [0.2, 0.25) is 11.8 Å². The molecule has 0 bridgehead atoms. The van der Waals surface area contributed by atoms with Gasteiger partial charge in [-0.2, -0.15) is 0 Å². The summed E-state index contributed by atoms with van der Waals surface area (Å²) in [6.07, 6.45) is 1.17. The van der Waals surface area contributed by atoms with Gasteiger partial charge in [-0.05, 0) is 37.1 Å². The number of carbonyl (C=O) groups is 3. The minimum Gasteiger partial charge on any atom is -0.497 e. The van der Waals surface area contributed by atoms with E-state index >= 15 is 0 Å². The molecule has 1 heterocycles. The molecule has 1 saturated heterocycles. The van der Waals surface area contributed by atoms with E-state index in [1.54, 1.807) is 36.3 Å². The number of carboxylic acid groups (broad SMARTS) is 1. The molecule has 0 aromatic heterocycles. The van der Waals surface area contributed by atoms with Gasteiger partial charge in [0.25, 0.3) is 0 Å². The summed E-state index contributed by atoms with van der Waals surface area (Å²) in [6, 6.07) is 6.95. The Morgan fingerprint density at radius 1 is 1.17 bits per heavy atom. The zero-order chi connectivity index (χ0) is 17.5. The molecule has 0 aliphatic carbocycles. The lowest BCUT2D eigenvalue weighted by Gasteiger charge is -2.30. The van der Waals surface area contributed by atoms with Crippen LogP contribution in [0.2, 0.25) is 0 Å². The number of anilines is 1. The van der Waals surface area contributed by atoms with Crippen LogP contribution >= 0.6 is 0 Å². The van der Waals surface area contributed by atoms with Gasteiger partial charge >= 0.3 is 5.97 Å². The molecule has 7 nitrogen and oxygen atoms in total. The Kier molecular flexibility index (Phi) is 6.17. The van der Waals surface area contributed by atoms with Crippen LogP contribution in [0, 0.1) is 5.92 Å². The molecular weight excluding hydrogens is 312 g/mol. The summed E-state index contributed by atoms with van der Waals surface area (Å²) >= 11 is 0. The molecule has 2 N–H and O–H groups in total. The summed E-state index contributed by atoms with van der Waals surface area (Å²) in [7, 11) is 1.57. The van der Waals surface area contributed by atoms with Gasteiger partial charge < -0.3 is 20.1 Å². The number of nitrogens with one attached hydrogen (secondary N) is 1. The number of ether oxygens (including phenoxy) is 1. The highest BCUT2D eigenvalue weighted by atomic mass is 16.5. The van der Waals surface area contributed by atoms with Crippen molar-refractivity contribution in [2.24, 2.45) is 5.92 Å². The van der Waals surface area contributed by atoms with Crippen LogP contribution in [-0.2, 0) is 14.4 Å². The van der Waals surface area contributed by atoms with Crippen molar-refractivity contribution >= 4 is 23.5 Å². The zero-order valence-corrected chi connectivity index (χ0v) is 13.7. The Bertz CT molecular complexity index is 592. The number of piperidine rings is 1. The fourth-order valence-corrected chi connectivity index (χ4v) is 2.65. The molecule has 1 fully saturated rings. The fourth-order valence-electron chi connectivity index (χ4n) is 2.65. The van der Waals surface area contributed by atoms with Crippen molar-refractivity contribution in [2.75, 3.05) is 25.5 Å². The average Bonchev–Trinajstić information content (AvgIpc) is 2.60. The molecule has 2 rings (SSSR count). The standard InChI is InChI=1S/C17H22N2O5/c1-24-14-4-2-13(3-5-14)18-15(20)6-7-16(21)19-10-8-12(9-11-19)17(22)23/h2-5,12H,6-11H2,1H3,(H,18,20)(H,22,23). The highest BCUT2D eigenvalue weighted by Gasteiger charge is 2.26. The molecule has 0 saturated carbocycles. The highest BCUT2D eigenvalue weighted by Crippen LogP contribution is 2.19. The molecule has 0 spiro atoms. The lowest BCUT2D eigenvalue weighted by atomic mass is 9.97. The van der Waals surface area contributed by atoms with Gasteiger partial charge in [0.1, 0.15) is 5.75 Å². The van der Waals surface area contributed by atoms with Crippen molar-refractivity contribution in [3.8, 4) is 5.75 Å². The Balaban J connectivity index is 1.73. The third-order valence-corrected chi connectivity index (χ3v) is 4.14. The summed E-state index contributed by atoms with van der Waals surface area (Å²) in [4.78, 5) is 36.5. The monoisotopic (exact) mass is 334 g/mol. The first kappa shape index (κ1) is 17.8. The summed E-state index contributed by atoms with van der Waals surface area (Å²) in [5, 5.41) is 11.7. The first-order valence-corrected chi connectivity index (χ1v) is 7.94. The Morgan fingerprint density at radius 3 is 2.33 bits per heavy atom. The number of amides is 2. The van der Waals surface area contributed by atoms with Gasteiger partial charge in [-0.3, -0.25) is 14.4 Å². The number of rotatable bonds is 6. The number of carboxylic acids is 1. The number of methoxy groups -OCH3 is 1. The van der Waals surface area contributed by atoms with E-state index in [1.807, 2.05) is 0 Å². The van der Waals surface area contributed by atoms with Crippen LogP contribution in [0.3, 0.4) is 0 Å². The second-order valence-corrected chi connectivity index (χ2v) is 5.77. The Morgan fingerprint density at radius 2 is 1.79 bits per heavy atom. The van der Waals surface area contributed by atoms with E-state index in [0.717, 1.165) is 0 Å². The van der Waals surface area contributed by atoms with Crippen LogP contribution in [0.1, 0.15) is 25.7 Å². The number of hydrogen-bond donors (Lipinski definition) is 2. The Hall–Kier alpha value is -2.57. The van der Waals surface area contributed by atoms with Crippen molar-refractivity contribution in [3.63, 3.8) is 0 Å². The maximum atomic E-state index is 12.1. The quantitative estimate of drug-likeness (QED) is 0.826. The number of aliphatic carboxylic acids is 1. The van der Waals surface area contributed by atoms with Gasteiger partial charge in [-0.1, -0.05) is 0 Å². The largest absolute Gasteiger partial charge is 0.497 e. The minimum absolute atomic E-state index is 0.101. The molecule has 1 aromatic rings. The van der Waals surface area contributed by atoms with E-state index in [2.05, 4.69) is 5.32 Å². The number of hydrogen-bond acceptors (Lipinski definition) is 4. The first-order valence-electron chi connectivity index (χ1n) is 7.94. The summed E-state index contributed by atoms with van der Waals surface area (Å²) in [6.45, 7) is 0.881. The molecule has 0 atom stereocenters. The van der Waals surface area contributed by atoms with Gasteiger partial charge in [-0.15, -0.1) is 0 Å². The molecule has 130 valence electrons. The van der Waals surface area contributed by atoms with Crippen LogP contribution in [0.15, 0.2) is 24.3 Å². The molecule has 1 aliphatic heterocycles. The molecule has 0 radical (unpaired) electrons. The van der Waals surface area contributed by atoms with E-state index in [1.165, 1.54) is 0 Å². The topological polar surface area (TPSA) is 95.9 Å². The predicted octanol–water partition coefficient (Wildman–Crippen LogP) is 1.74. The number of likely N-dealkylation sites (tertiary alicyclic amines) is 1. The smallest absolute Gasteiger partial charge is 0.306 e. The number of carbonyl (C=O) groups excluding carboxylic acids is 2. The summed E-state index contributed by atoms with van der Waals surface area (Å²) < 4.78 is 5.04. The van der Waals surface area contributed by atoms with Crippen LogP contribution in [0.5, 0.6) is 5.75 Å². The lowest BCUT2D eigenvalue weighted by molar-refractivity contribution is -0.145. The molecule has 0 unspecified atom stereocenters. The van der Waals surface area contributed by atoms with Crippen molar-refractivity contribution < 1.29 is 24.2 Å². The van der Waals surface area contributed by atoms with Crippen molar-refractivity contribution in [2.45, 2.75) is 25.7 Å². The maximum absolute atomic E-state index is 12.1. The van der Waals surface area contributed by atoms with E-state index < -0.39 is 5.97 Å². The third kappa shape index (κ3) is 4.97. The molecule has 1 aliphatic rings. The van der Waals surface area contributed by atoms with Crippen molar-refractivity contribution in [3.05, 3.63) is 24.3 Å². The normalized spacial score (nSPS) is 15.0. The van der Waals surface area contributed by atoms with Crippen LogP contribution in [0.25, 0.3) is 0 Å². The zero-order valence-electron chi connectivity index (χ0n) is 13.7. The van der Waals surface area contributed by atoms with Crippen molar-refractivity contribution in [1.29, 1.82) is 0 Å². The molecular formula is C17H22N2O5. The molecule has 24 heavy (non-hydrogen) atoms. The van der Waals surface area contributed by atoms with Crippen LogP contribution in [-0.4, -0.2) is 48.0 Å². The molecule has 1 aromatic carbocycles. The van der Waals surface area contributed by atoms with Crippen molar-refractivity contribution in [1.82, 2.24) is 4.90 Å². The maximum Gasteiger partial charge on any atom is 0.306 e. The fraction of sp³-hybridized carbons (Fsp3) is 0.471. The summed E-state index contributed by atoms with van der Waals surface area (Å²) in [5.41, 5.74) is 0.649. The predicted molar refractivity (Wildman–Crippen MR) is 87.8 cm³/mol. The van der Waals surface area contributed by atoms with E-state index in [4.69, 9.17) is 9.84 Å². The second kappa shape index (κ2) is 8.33. The highest BCUT2D eigenvalue weighted by molar-refractivity contribution is 5.93. The van der Waals surface area contributed by atoms with Crippen LogP contribution < -0.4 is 10.1 Å². The van der Waals surface area contributed by atoms with Gasteiger partial charge in [0.15, 0.2) is 0 Å². The number of benzene rings is 1. The first-order chi connectivity index (χ1) is 11.5. The van der Waals surface area contributed by atoms with Gasteiger partial charge in [0, 0.05) is 31.6 Å². The minimum atomic E-state index is -0.805. The van der Waals surface area contributed by atoms with Crippen LogP contribution in [0.4, 0.5) is 5.69 Å². The molecule has 2 amide bonds. The van der Waals surface area contributed by atoms with Gasteiger partial charge in [-0.25, -0.2) is 0 Å². The SMILES string of the molecule is COc1ccc(NC(=O)CCC(=O)N2CCC(C(=O)O)CC2)cc1. The van der Waals surface area contributed by atoms with E-state index in [9.17, 15) is 14.4 Å². The van der Waals surface area contributed by atoms with E-state index in [-0.39, 0.29) is 30.6 Å². The Labute approximate surface area is 140 Å². The molecule has 7 heteroatoms. The second-order valence-electron chi connectivity index (χ2n) is 5.77. The average molecular weight is 334 g/mol. The summed E-state index contributed by atoms with van der Waals surface area (Å²) in [5.74, 6) is -0.806. The lowest BCUT2D eigenvalue weighted by Crippen LogP contribution is -2.40. The number of nitrogens with zero attached hydrogens (tertiary/aromatic N) is 1. The van der Waals surface area contributed by atoms with E-state index in [0.29, 0.717) is 37.4 Å². The van der Waals surface area contributed by atoms with Gasteiger partial charge in [0.05, 0.1) is 13.0 Å². The third-order valence-electron chi connectivity index (χ3n) is 4.14.